The minimum atomic E-state index is -1.78. The number of rotatable bonds is 25. The molecule has 5 atom stereocenters. The second-order valence-corrected chi connectivity index (χ2v) is 21.4. The fraction of sp³-hybridized carbons (Fsp3) is 0.323. The van der Waals surface area contributed by atoms with Crippen molar-refractivity contribution in [1.82, 2.24) is 36.1 Å². The van der Waals surface area contributed by atoms with Gasteiger partial charge in [0.2, 0.25) is 41.1 Å². The summed E-state index contributed by atoms with van der Waals surface area (Å²) in [6.45, 7) is 9.32. The van der Waals surface area contributed by atoms with Crippen molar-refractivity contribution in [3.8, 4) is 11.5 Å². The molecule has 0 bridgehead atoms. The molecule has 22 nitrogen and oxygen atoms in total. The maximum Gasteiger partial charge on any atom is 0.306 e. The predicted molar refractivity (Wildman–Crippen MR) is 310 cm³/mol. The monoisotopic (exact) mass is 1150 g/mol. The van der Waals surface area contributed by atoms with Crippen LogP contribution in [0.5, 0.6) is 11.5 Å². The maximum absolute atomic E-state index is 14.9. The maximum atomic E-state index is 14.9. The number of carbonyl (C=O) groups is 9. The number of anilines is 2. The SMILES string of the molecule is CCC(C)C(NC(C)=O)C(=O)NC(CCC(=O)OC(C)(C)C)C(=O)NC(Cc1cn(C(c2ccccc2)(c2ccccc2)c2ccccc2)cn1)C(=O)NC(CC(=O)O)C(=O)NCCNc1ccc(O)c2c1C(=O)c1c(O)ccc(N)c1C2=O. The summed E-state index contributed by atoms with van der Waals surface area (Å²) in [5.74, 6) is -9.53. The highest BCUT2D eigenvalue weighted by Crippen LogP contribution is 2.43. The van der Waals surface area contributed by atoms with E-state index < -0.39 is 112 Å². The Morgan fingerprint density at radius 3 is 1.73 bits per heavy atom. The lowest BCUT2D eigenvalue weighted by Crippen LogP contribution is -2.59. The van der Waals surface area contributed by atoms with Crippen molar-refractivity contribution in [3.05, 3.63) is 172 Å². The van der Waals surface area contributed by atoms with Crippen LogP contribution >= 0.6 is 0 Å². The number of fused-ring (bicyclic) bond motifs is 2. The number of ether oxygens (including phenoxy) is 1. The standard InChI is InChI=1S/C62H69N9O13/c1-7-35(2)54(67-36(3)72)60(83)68-43(25-28-49(77)84-61(4,5)6)58(81)69-44(31-40-33-71(34-66-40)62(37-17-11-8-12-18-37,38-19-13-9-14-20-38)39-21-15-10-16-22-39)59(82)70-45(32-48(75)76)57(80)65-30-29-64-42-24-27-47(74)53-51(42)56(79)52-46(73)26-23-41(63)50(52)55(53)78/h8-24,26-27,33-35,43-45,54,64,73-74H,7,25,28-32,63H2,1-6H3,(H,65,80)(H,67,72)(H,68,83)(H,69,81)(H,70,82)(H,75,76). The Morgan fingerprint density at radius 1 is 0.655 bits per heavy atom. The van der Waals surface area contributed by atoms with Crippen molar-refractivity contribution in [3.63, 3.8) is 0 Å². The minimum absolute atomic E-state index is 0.0407. The average molecular weight is 1150 g/mol. The second kappa shape index (κ2) is 26.8. The lowest BCUT2D eigenvalue weighted by molar-refractivity contribution is -0.155. The Hall–Kier alpha value is -9.86. The van der Waals surface area contributed by atoms with Gasteiger partial charge in [0.1, 0.15) is 46.8 Å². The Bertz CT molecular complexity index is 3340. The van der Waals surface area contributed by atoms with Crippen LogP contribution < -0.4 is 37.6 Å². The number of carboxylic acid groups (broad SMARTS) is 1. The van der Waals surface area contributed by atoms with Gasteiger partial charge in [0.25, 0.3) is 0 Å². The first kappa shape index (κ1) is 61.8. The molecule has 11 N–H and O–H groups in total. The Morgan fingerprint density at radius 2 is 1.18 bits per heavy atom. The third kappa shape index (κ3) is 14.2. The van der Waals surface area contributed by atoms with E-state index in [1.54, 1.807) is 40.2 Å². The van der Waals surface area contributed by atoms with E-state index in [1.165, 1.54) is 25.1 Å². The Labute approximate surface area is 485 Å². The molecule has 1 aromatic heterocycles. The van der Waals surface area contributed by atoms with Gasteiger partial charge in [-0.1, -0.05) is 111 Å². The smallest absolute Gasteiger partial charge is 0.306 e. The third-order valence-corrected chi connectivity index (χ3v) is 14.2. The number of aliphatic carboxylic acids is 1. The number of hydrogen-bond donors (Lipinski definition) is 10. The number of nitrogens with one attached hydrogen (secondary N) is 6. The van der Waals surface area contributed by atoms with Crippen LogP contribution in [0.2, 0.25) is 0 Å². The number of imidazole rings is 1. The number of nitrogen functional groups attached to an aromatic ring is 1. The van der Waals surface area contributed by atoms with Gasteiger partial charge in [-0.2, -0.15) is 0 Å². The van der Waals surface area contributed by atoms with E-state index in [0.717, 1.165) is 22.8 Å². The number of ketones is 2. The largest absolute Gasteiger partial charge is 0.507 e. The number of aromatic hydroxyl groups is 2. The van der Waals surface area contributed by atoms with Crippen molar-refractivity contribution in [2.24, 2.45) is 5.92 Å². The lowest BCUT2D eigenvalue weighted by atomic mass is 9.77. The van der Waals surface area contributed by atoms with E-state index in [0.29, 0.717) is 6.42 Å². The number of esters is 1. The van der Waals surface area contributed by atoms with Crippen molar-refractivity contribution in [2.45, 2.75) is 109 Å². The van der Waals surface area contributed by atoms with Gasteiger partial charge in [-0.05, 0) is 74.1 Å². The quantitative estimate of drug-likeness (QED) is 0.0120. The lowest BCUT2D eigenvalue weighted by Gasteiger charge is -2.37. The van der Waals surface area contributed by atoms with Gasteiger partial charge < -0.3 is 62.3 Å². The minimum Gasteiger partial charge on any atom is -0.507 e. The first-order valence-electron chi connectivity index (χ1n) is 27.3. The molecule has 7 rings (SSSR count). The molecule has 84 heavy (non-hydrogen) atoms. The van der Waals surface area contributed by atoms with Gasteiger partial charge in [0.05, 0.1) is 40.7 Å². The van der Waals surface area contributed by atoms with Crippen LogP contribution in [-0.4, -0.2) is 121 Å². The van der Waals surface area contributed by atoms with E-state index in [2.05, 4.69) is 31.9 Å². The van der Waals surface area contributed by atoms with Crippen LogP contribution in [0.3, 0.4) is 0 Å². The van der Waals surface area contributed by atoms with Crippen molar-refractivity contribution in [1.29, 1.82) is 0 Å². The summed E-state index contributed by atoms with van der Waals surface area (Å²) in [5, 5.41) is 47.4. The van der Waals surface area contributed by atoms with E-state index in [9.17, 15) is 58.5 Å². The number of benzene rings is 5. The molecule has 5 amide bonds. The van der Waals surface area contributed by atoms with E-state index in [1.807, 2.05) is 102 Å². The summed E-state index contributed by atoms with van der Waals surface area (Å²) in [7, 11) is 0. The van der Waals surface area contributed by atoms with Gasteiger partial charge in [0, 0.05) is 50.4 Å². The molecule has 0 aliphatic heterocycles. The summed E-state index contributed by atoms with van der Waals surface area (Å²) in [6.07, 6.45) is 1.68. The summed E-state index contributed by atoms with van der Waals surface area (Å²) in [4.78, 5) is 128. The summed E-state index contributed by atoms with van der Waals surface area (Å²) < 4.78 is 7.38. The van der Waals surface area contributed by atoms with Crippen molar-refractivity contribution < 1.29 is 63.2 Å². The summed E-state index contributed by atoms with van der Waals surface area (Å²) >= 11 is 0. The Balaban J connectivity index is 1.21. The molecule has 5 aromatic carbocycles. The molecule has 1 heterocycles. The molecule has 5 unspecified atom stereocenters. The molecule has 6 aromatic rings. The zero-order valence-corrected chi connectivity index (χ0v) is 47.4. The second-order valence-electron chi connectivity index (χ2n) is 21.4. The van der Waals surface area contributed by atoms with Gasteiger partial charge in [-0.25, -0.2) is 4.98 Å². The zero-order valence-electron chi connectivity index (χ0n) is 47.4. The fourth-order valence-corrected chi connectivity index (χ4v) is 10.1. The van der Waals surface area contributed by atoms with Crippen LogP contribution in [0, 0.1) is 5.92 Å². The molecular formula is C62H69N9O13. The molecule has 0 saturated heterocycles. The number of amides is 5. The van der Waals surface area contributed by atoms with Crippen LogP contribution in [-0.2, 0) is 50.3 Å². The topological polar surface area (TPSA) is 340 Å². The van der Waals surface area contributed by atoms with Gasteiger partial charge in [-0.15, -0.1) is 0 Å². The number of phenols is 2. The molecule has 440 valence electrons. The van der Waals surface area contributed by atoms with Crippen LogP contribution in [0.25, 0.3) is 0 Å². The highest BCUT2D eigenvalue weighted by atomic mass is 16.6. The third-order valence-electron chi connectivity index (χ3n) is 14.2. The molecule has 0 saturated carbocycles. The molecular weight excluding hydrogens is 1080 g/mol. The molecule has 0 spiro atoms. The van der Waals surface area contributed by atoms with E-state index in [4.69, 9.17) is 15.5 Å². The summed E-state index contributed by atoms with van der Waals surface area (Å²) in [6, 6.07) is 27.7. The Kier molecular flexibility index (Phi) is 19.7. The predicted octanol–water partition coefficient (Wildman–Crippen LogP) is 4.86. The molecule has 1 aliphatic rings. The zero-order chi connectivity index (χ0) is 61.0. The van der Waals surface area contributed by atoms with Gasteiger partial charge >= 0.3 is 11.9 Å². The number of carbonyl (C=O) groups excluding carboxylic acids is 8. The number of nitrogens with two attached hydrogens (primary N) is 1. The number of phenolic OH excluding ortho intramolecular Hbond substituents is 2. The average Bonchev–Trinajstić information content (AvgIpc) is 1.23. The number of carboxylic acids is 1. The van der Waals surface area contributed by atoms with Crippen LogP contribution in [0.4, 0.5) is 11.4 Å². The highest BCUT2D eigenvalue weighted by Gasteiger charge is 2.41. The number of hydrogen-bond acceptors (Lipinski definition) is 15. The van der Waals surface area contributed by atoms with Crippen LogP contribution in [0.15, 0.2) is 128 Å². The van der Waals surface area contributed by atoms with Gasteiger partial charge in [0.15, 0.2) is 0 Å². The number of nitrogens with zero attached hydrogens (tertiary/aromatic N) is 2. The molecule has 0 fully saturated rings. The van der Waals surface area contributed by atoms with Crippen LogP contribution in [0.1, 0.15) is 121 Å². The van der Waals surface area contributed by atoms with E-state index >= 15 is 0 Å². The molecule has 22 heteroatoms. The summed E-state index contributed by atoms with van der Waals surface area (Å²) in [5.41, 5.74) is 5.48. The first-order valence-corrected chi connectivity index (χ1v) is 27.3. The van der Waals surface area contributed by atoms with Crippen molar-refractivity contribution >= 4 is 64.4 Å². The number of aromatic nitrogens is 2. The highest BCUT2D eigenvalue weighted by molar-refractivity contribution is 6.33. The molecule has 1 aliphatic carbocycles. The van der Waals surface area contributed by atoms with Crippen molar-refractivity contribution in [2.75, 3.05) is 24.1 Å². The normalized spacial score (nSPS) is 13.8. The fourth-order valence-electron chi connectivity index (χ4n) is 10.1. The first-order chi connectivity index (χ1) is 39.9. The molecule has 0 radical (unpaired) electrons. The van der Waals surface area contributed by atoms with E-state index in [-0.39, 0.29) is 71.7 Å². The van der Waals surface area contributed by atoms with Gasteiger partial charge in [-0.3, -0.25) is 43.2 Å².